The van der Waals surface area contributed by atoms with Crippen molar-refractivity contribution < 1.29 is 9.53 Å². The lowest BCUT2D eigenvalue weighted by Crippen LogP contribution is -2.26. The van der Waals surface area contributed by atoms with Crippen molar-refractivity contribution in [3.8, 4) is 0 Å². The molecule has 2 rings (SSSR count). The molecular weight excluding hydrogens is 228 g/mol. The Hall–Kier alpha value is -1.55. The molecule has 1 aliphatic rings. The van der Waals surface area contributed by atoms with Crippen LogP contribution in [0.4, 0.5) is 11.4 Å². The molecule has 1 saturated heterocycles. The van der Waals surface area contributed by atoms with Gasteiger partial charge in [0.2, 0.25) is 0 Å². The molecule has 1 aliphatic heterocycles. The van der Waals surface area contributed by atoms with Crippen LogP contribution in [0, 0.1) is 0 Å². The van der Waals surface area contributed by atoms with Gasteiger partial charge in [0, 0.05) is 24.0 Å². The SMILES string of the molecule is CC(C)Nc1ccc(NC(=O)C2CCCO2)cc1. The molecule has 98 valence electrons. The number of carbonyl (C=O) groups is 1. The number of hydrogen-bond acceptors (Lipinski definition) is 3. The summed E-state index contributed by atoms with van der Waals surface area (Å²) >= 11 is 0. The van der Waals surface area contributed by atoms with Crippen molar-refractivity contribution in [1.29, 1.82) is 0 Å². The second-order valence-electron chi connectivity index (χ2n) is 4.87. The van der Waals surface area contributed by atoms with E-state index in [-0.39, 0.29) is 12.0 Å². The Morgan fingerprint density at radius 1 is 1.28 bits per heavy atom. The van der Waals surface area contributed by atoms with Gasteiger partial charge in [-0.3, -0.25) is 4.79 Å². The zero-order valence-electron chi connectivity index (χ0n) is 10.9. The zero-order chi connectivity index (χ0) is 13.0. The summed E-state index contributed by atoms with van der Waals surface area (Å²) in [6, 6.07) is 8.13. The van der Waals surface area contributed by atoms with Gasteiger partial charge in [0.15, 0.2) is 0 Å². The van der Waals surface area contributed by atoms with Gasteiger partial charge >= 0.3 is 0 Å². The van der Waals surface area contributed by atoms with Crippen LogP contribution in [0.2, 0.25) is 0 Å². The van der Waals surface area contributed by atoms with E-state index < -0.39 is 0 Å². The number of anilines is 2. The summed E-state index contributed by atoms with van der Waals surface area (Å²) in [7, 11) is 0. The van der Waals surface area contributed by atoms with Crippen LogP contribution in [0.25, 0.3) is 0 Å². The summed E-state index contributed by atoms with van der Waals surface area (Å²) in [5.41, 5.74) is 1.87. The van der Waals surface area contributed by atoms with Gasteiger partial charge in [0.05, 0.1) is 0 Å². The third-order valence-electron chi connectivity index (χ3n) is 2.83. The summed E-state index contributed by atoms with van der Waals surface area (Å²) < 4.78 is 5.34. The minimum absolute atomic E-state index is 0.0444. The molecule has 0 aromatic heterocycles. The fourth-order valence-corrected chi connectivity index (χ4v) is 1.99. The average molecular weight is 248 g/mol. The summed E-state index contributed by atoms with van der Waals surface area (Å²) in [5.74, 6) is -0.0444. The van der Waals surface area contributed by atoms with Gasteiger partial charge in [-0.2, -0.15) is 0 Å². The molecule has 4 nitrogen and oxygen atoms in total. The van der Waals surface area contributed by atoms with E-state index in [2.05, 4.69) is 24.5 Å². The van der Waals surface area contributed by atoms with Gasteiger partial charge in [0.1, 0.15) is 6.10 Å². The molecule has 0 spiro atoms. The highest BCUT2D eigenvalue weighted by atomic mass is 16.5. The van der Waals surface area contributed by atoms with Crippen LogP contribution in [-0.2, 0) is 9.53 Å². The number of hydrogen-bond donors (Lipinski definition) is 2. The van der Waals surface area contributed by atoms with E-state index in [9.17, 15) is 4.79 Å². The predicted molar refractivity (Wildman–Crippen MR) is 72.8 cm³/mol. The maximum absolute atomic E-state index is 11.8. The van der Waals surface area contributed by atoms with E-state index in [1.807, 2.05) is 24.3 Å². The molecule has 18 heavy (non-hydrogen) atoms. The first-order valence-electron chi connectivity index (χ1n) is 6.44. The lowest BCUT2D eigenvalue weighted by atomic mass is 10.2. The second-order valence-corrected chi connectivity index (χ2v) is 4.87. The number of nitrogens with one attached hydrogen (secondary N) is 2. The van der Waals surface area contributed by atoms with E-state index in [4.69, 9.17) is 4.74 Å². The van der Waals surface area contributed by atoms with Crippen molar-refractivity contribution >= 4 is 17.3 Å². The summed E-state index contributed by atoms with van der Waals surface area (Å²) in [5, 5.41) is 6.18. The minimum atomic E-state index is -0.279. The lowest BCUT2D eigenvalue weighted by molar-refractivity contribution is -0.124. The van der Waals surface area contributed by atoms with Crippen molar-refractivity contribution in [3.63, 3.8) is 0 Å². The fourth-order valence-electron chi connectivity index (χ4n) is 1.99. The molecule has 0 saturated carbocycles. The number of rotatable bonds is 4. The fraction of sp³-hybridized carbons (Fsp3) is 0.500. The Morgan fingerprint density at radius 2 is 1.94 bits per heavy atom. The number of ether oxygens (including phenoxy) is 1. The largest absolute Gasteiger partial charge is 0.383 e. The van der Waals surface area contributed by atoms with Crippen LogP contribution in [-0.4, -0.2) is 24.7 Å². The second kappa shape index (κ2) is 5.87. The topological polar surface area (TPSA) is 50.4 Å². The molecule has 1 heterocycles. The summed E-state index contributed by atoms with van der Waals surface area (Å²) in [6.07, 6.45) is 1.51. The van der Waals surface area contributed by atoms with Crippen molar-refractivity contribution in [3.05, 3.63) is 24.3 Å². The minimum Gasteiger partial charge on any atom is -0.383 e. The Labute approximate surface area is 108 Å². The molecule has 0 bridgehead atoms. The predicted octanol–water partition coefficient (Wildman–Crippen LogP) is 2.62. The van der Waals surface area contributed by atoms with Gasteiger partial charge in [-0.15, -0.1) is 0 Å². The standard InChI is InChI=1S/C14H20N2O2/c1-10(2)15-11-5-7-12(8-6-11)16-14(17)13-4-3-9-18-13/h5-8,10,13,15H,3-4,9H2,1-2H3,(H,16,17). The van der Waals surface area contributed by atoms with E-state index in [1.54, 1.807) is 0 Å². The summed E-state index contributed by atoms with van der Waals surface area (Å²) in [4.78, 5) is 11.8. The van der Waals surface area contributed by atoms with E-state index in [0.29, 0.717) is 12.6 Å². The van der Waals surface area contributed by atoms with Gasteiger partial charge in [-0.05, 0) is 51.0 Å². The van der Waals surface area contributed by atoms with E-state index in [0.717, 1.165) is 24.2 Å². The van der Waals surface area contributed by atoms with Crippen LogP contribution < -0.4 is 10.6 Å². The highest BCUT2D eigenvalue weighted by Crippen LogP contribution is 2.17. The van der Waals surface area contributed by atoms with Crippen LogP contribution in [0.5, 0.6) is 0 Å². The molecular formula is C14H20N2O2. The zero-order valence-corrected chi connectivity index (χ0v) is 10.9. The molecule has 4 heteroatoms. The Bertz CT molecular complexity index is 395. The molecule has 1 fully saturated rings. The monoisotopic (exact) mass is 248 g/mol. The van der Waals surface area contributed by atoms with Gasteiger partial charge in [-0.25, -0.2) is 0 Å². The van der Waals surface area contributed by atoms with Crippen LogP contribution in [0.1, 0.15) is 26.7 Å². The smallest absolute Gasteiger partial charge is 0.253 e. The highest BCUT2D eigenvalue weighted by Gasteiger charge is 2.23. The lowest BCUT2D eigenvalue weighted by Gasteiger charge is -2.12. The first-order chi connectivity index (χ1) is 8.65. The Balaban J connectivity index is 1.91. The third-order valence-corrected chi connectivity index (χ3v) is 2.83. The van der Waals surface area contributed by atoms with Crippen molar-refractivity contribution in [2.45, 2.75) is 38.8 Å². The quantitative estimate of drug-likeness (QED) is 0.861. The first kappa shape index (κ1) is 12.9. The Morgan fingerprint density at radius 3 is 2.50 bits per heavy atom. The normalized spacial score (nSPS) is 18.9. The van der Waals surface area contributed by atoms with Crippen LogP contribution in [0.15, 0.2) is 24.3 Å². The molecule has 1 aromatic carbocycles. The van der Waals surface area contributed by atoms with Gasteiger partial charge < -0.3 is 15.4 Å². The maximum Gasteiger partial charge on any atom is 0.253 e. The van der Waals surface area contributed by atoms with Crippen molar-refractivity contribution in [2.75, 3.05) is 17.2 Å². The first-order valence-corrected chi connectivity index (χ1v) is 6.44. The molecule has 1 aromatic rings. The maximum atomic E-state index is 11.8. The van der Waals surface area contributed by atoms with Gasteiger partial charge in [-0.1, -0.05) is 0 Å². The Kier molecular flexibility index (Phi) is 4.20. The molecule has 2 N–H and O–H groups in total. The third kappa shape index (κ3) is 3.47. The molecule has 0 aliphatic carbocycles. The van der Waals surface area contributed by atoms with E-state index >= 15 is 0 Å². The van der Waals surface area contributed by atoms with Crippen molar-refractivity contribution in [2.24, 2.45) is 0 Å². The van der Waals surface area contributed by atoms with Crippen LogP contribution in [0.3, 0.4) is 0 Å². The number of amides is 1. The van der Waals surface area contributed by atoms with Crippen LogP contribution >= 0.6 is 0 Å². The average Bonchev–Trinajstić information content (AvgIpc) is 2.84. The number of benzene rings is 1. The molecule has 1 atom stereocenters. The summed E-state index contributed by atoms with van der Waals surface area (Å²) in [6.45, 7) is 4.87. The molecule has 1 unspecified atom stereocenters. The molecule has 0 radical (unpaired) electrons. The van der Waals surface area contributed by atoms with Gasteiger partial charge in [0.25, 0.3) is 5.91 Å². The van der Waals surface area contributed by atoms with E-state index in [1.165, 1.54) is 0 Å². The number of carbonyl (C=O) groups excluding carboxylic acids is 1. The van der Waals surface area contributed by atoms with Crippen molar-refractivity contribution in [1.82, 2.24) is 0 Å². The highest BCUT2D eigenvalue weighted by molar-refractivity contribution is 5.94. The molecule has 1 amide bonds.